The van der Waals surface area contributed by atoms with Crippen molar-refractivity contribution in [2.24, 2.45) is 0 Å². The largest absolute Gasteiger partial charge is 0.364 e. The molecule has 3 heteroatoms. The average molecular weight is 230 g/mol. The molecular weight excluding hydrogens is 212 g/mol. The van der Waals surface area contributed by atoms with E-state index in [1.54, 1.807) is 6.26 Å². The molecule has 3 nitrogen and oxygen atoms in total. The second kappa shape index (κ2) is 6.21. The van der Waals surface area contributed by atoms with Crippen molar-refractivity contribution in [3.63, 3.8) is 0 Å². The Labute approximate surface area is 102 Å². The summed E-state index contributed by atoms with van der Waals surface area (Å²) in [5, 5.41) is 7.39. The summed E-state index contributed by atoms with van der Waals surface area (Å²) in [5.41, 5.74) is 2.32. The summed E-state index contributed by atoms with van der Waals surface area (Å²) >= 11 is 0. The fraction of sp³-hybridized carbons (Fsp3) is 0.357. The summed E-state index contributed by atoms with van der Waals surface area (Å²) in [6.45, 7) is 2.96. The molecule has 0 aliphatic heterocycles. The van der Waals surface area contributed by atoms with Crippen LogP contribution in [-0.4, -0.2) is 11.2 Å². The molecule has 1 N–H and O–H groups in total. The molecule has 2 rings (SSSR count). The Hall–Kier alpha value is -1.61. The van der Waals surface area contributed by atoms with E-state index in [4.69, 9.17) is 4.52 Å². The third kappa shape index (κ3) is 3.71. The standard InChI is InChI=1S/C14H18N2O/c1-2-13(10-12-6-4-3-5-7-12)15-11-14-8-9-17-16-14/h3-9,13,15H,2,10-11H2,1H3. The highest BCUT2D eigenvalue weighted by molar-refractivity contribution is 5.15. The second-order valence-corrected chi connectivity index (χ2v) is 4.17. The van der Waals surface area contributed by atoms with Gasteiger partial charge in [-0.15, -0.1) is 0 Å². The summed E-state index contributed by atoms with van der Waals surface area (Å²) in [5.74, 6) is 0. The fourth-order valence-corrected chi connectivity index (χ4v) is 1.84. The van der Waals surface area contributed by atoms with Crippen LogP contribution in [0, 0.1) is 0 Å². The van der Waals surface area contributed by atoms with Crippen LogP contribution >= 0.6 is 0 Å². The molecule has 17 heavy (non-hydrogen) atoms. The summed E-state index contributed by atoms with van der Waals surface area (Å²) in [7, 11) is 0. The number of hydrogen-bond acceptors (Lipinski definition) is 3. The van der Waals surface area contributed by atoms with Crippen LogP contribution in [0.25, 0.3) is 0 Å². The van der Waals surface area contributed by atoms with Gasteiger partial charge in [-0.2, -0.15) is 0 Å². The molecule has 1 heterocycles. The van der Waals surface area contributed by atoms with Crippen molar-refractivity contribution in [1.82, 2.24) is 10.5 Å². The van der Waals surface area contributed by atoms with E-state index in [-0.39, 0.29) is 0 Å². The van der Waals surface area contributed by atoms with Gasteiger partial charge in [-0.1, -0.05) is 42.4 Å². The first-order valence-corrected chi connectivity index (χ1v) is 6.05. The molecule has 1 aromatic carbocycles. The van der Waals surface area contributed by atoms with E-state index in [1.807, 2.05) is 12.1 Å². The molecule has 0 spiro atoms. The van der Waals surface area contributed by atoms with E-state index in [0.29, 0.717) is 6.04 Å². The molecule has 0 amide bonds. The molecule has 1 unspecified atom stereocenters. The molecule has 2 aromatic rings. The van der Waals surface area contributed by atoms with Crippen LogP contribution in [0.4, 0.5) is 0 Å². The molecule has 1 aromatic heterocycles. The Bertz CT molecular complexity index is 411. The van der Waals surface area contributed by atoms with Crippen LogP contribution in [0.1, 0.15) is 24.6 Å². The van der Waals surface area contributed by atoms with E-state index in [9.17, 15) is 0 Å². The molecule has 0 saturated heterocycles. The second-order valence-electron chi connectivity index (χ2n) is 4.17. The van der Waals surface area contributed by atoms with E-state index in [0.717, 1.165) is 25.1 Å². The zero-order valence-corrected chi connectivity index (χ0v) is 10.1. The average Bonchev–Trinajstić information content (AvgIpc) is 2.89. The SMILES string of the molecule is CCC(Cc1ccccc1)NCc1ccon1. The van der Waals surface area contributed by atoms with Crippen LogP contribution in [0.5, 0.6) is 0 Å². The monoisotopic (exact) mass is 230 g/mol. The quantitative estimate of drug-likeness (QED) is 0.829. The van der Waals surface area contributed by atoms with Crippen molar-refractivity contribution in [3.05, 3.63) is 53.9 Å². The normalized spacial score (nSPS) is 12.5. The molecule has 0 radical (unpaired) electrons. The highest BCUT2D eigenvalue weighted by Crippen LogP contribution is 2.06. The van der Waals surface area contributed by atoms with Crippen LogP contribution in [0.2, 0.25) is 0 Å². The topological polar surface area (TPSA) is 38.1 Å². The summed E-state index contributed by atoms with van der Waals surface area (Å²) in [4.78, 5) is 0. The van der Waals surface area contributed by atoms with Crippen molar-refractivity contribution in [2.75, 3.05) is 0 Å². The van der Waals surface area contributed by atoms with Gasteiger partial charge >= 0.3 is 0 Å². The van der Waals surface area contributed by atoms with Gasteiger partial charge in [0.25, 0.3) is 0 Å². The number of nitrogens with one attached hydrogen (secondary N) is 1. The Morgan fingerprint density at radius 3 is 2.71 bits per heavy atom. The first-order valence-electron chi connectivity index (χ1n) is 6.05. The molecule has 0 fully saturated rings. The molecule has 0 aliphatic rings. The molecular formula is C14H18N2O. The van der Waals surface area contributed by atoms with Crippen molar-refractivity contribution in [3.8, 4) is 0 Å². The number of aromatic nitrogens is 1. The fourth-order valence-electron chi connectivity index (χ4n) is 1.84. The summed E-state index contributed by atoms with van der Waals surface area (Å²) < 4.78 is 4.81. The van der Waals surface area contributed by atoms with Gasteiger partial charge < -0.3 is 9.84 Å². The van der Waals surface area contributed by atoms with Gasteiger partial charge in [0.1, 0.15) is 6.26 Å². The minimum Gasteiger partial charge on any atom is -0.364 e. The van der Waals surface area contributed by atoms with Gasteiger partial charge in [0.05, 0.1) is 5.69 Å². The van der Waals surface area contributed by atoms with Crippen LogP contribution in [-0.2, 0) is 13.0 Å². The lowest BCUT2D eigenvalue weighted by Gasteiger charge is -2.16. The maximum atomic E-state index is 4.81. The van der Waals surface area contributed by atoms with Crippen molar-refractivity contribution < 1.29 is 4.52 Å². The predicted molar refractivity (Wildman–Crippen MR) is 67.6 cm³/mol. The van der Waals surface area contributed by atoms with Gasteiger partial charge in [0, 0.05) is 18.7 Å². The lowest BCUT2D eigenvalue weighted by molar-refractivity contribution is 0.402. The zero-order chi connectivity index (χ0) is 11.9. The molecule has 0 saturated carbocycles. The summed E-state index contributed by atoms with van der Waals surface area (Å²) in [6, 6.07) is 12.9. The van der Waals surface area contributed by atoms with Gasteiger partial charge in [-0.05, 0) is 18.4 Å². The number of rotatable bonds is 6. The van der Waals surface area contributed by atoms with E-state index < -0.39 is 0 Å². The van der Waals surface area contributed by atoms with E-state index in [2.05, 4.69) is 41.7 Å². The zero-order valence-electron chi connectivity index (χ0n) is 10.1. The van der Waals surface area contributed by atoms with Gasteiger partial charge in [0.15, 0.2) is 0 Å². The Morgan fingerprint density at radius 1 is 1.24 bits per heavy atom. The van der Waals surface area contributed by atoms with Crippen molar-refractivity contribution in [1.29, 1.82) is 0 Å². The summed E-state index contributed by atoms with van der Waals surface area (Å²) in [6.07, 6.45) is 3.76. The minimum absolute atomic E-state index is 0.481. The minimum atomic E-state index is 0.481. The van der Waals surface area contributed by atoms with Gasteiger partial charge in [0.2, 0.25) is 0 Å². The first-order chi connectivity index (χ1) is 8.38. The predicted octanol–water partition coefficient (Wildman–Crippen LogP) is 2.79. The van der Waals surface area contributed by atoms with Gasteiger partial charge in [-0.3, -0.25) is 0 Å². The number of benzene rings is 1. The Morgan fingerprint density at radius 2 is 2.06 bits per heavy atom. The smallest absolute Gasteiger partial charge is 0.124 e. The number of hydrogen-bond donors (Lipinski definition) is 1. The van der Waals surface area contributed by atoms with Crippen molar-refractivity contribution >= 4 is 0 Å². The van der Waals surface area contributed by atoms with Crippen molar-refractivity contribution in [2.45, 2.75) is 32.4 Å². The highest BCUT2D eigenvalue weighted by atomic mass is 16.5. The Kier molecular flexibility index (Phi) is 4.33. The molecule has 0 bridgehead atoms. The van der Waals surface area contributed by atoms with E-state index >= 15 is 0 Å². The lowest BCUT2D eigenvalue weighted by atomic mass is 10.0. The highest BCUT2D eigenvalue weighted by Gasteiger charge is 2.07. The van der Waals surface area contributed by atoms with Crippen LogP contribution < -0.4 is 5.32 Å². The van der Waals surface area contributed by atoms with E-state index in [1.165, 1.54) is 5.56 Å². The molecule has 1 atom stereocenters. The van der Waals surface area contributed by atoms with Crippen LogP contribution in [0.15, 0.2) is 47.2 Å². The third-order valence-corrected chi connectivity index (χ3v) is 2.88. The molecule has 0 aliphatic carbocycles. The lowest BCUT2D eigenvalue weighted by Crippen LogP contribution is -2.30. The number of nitrogens with zero attached hydrogens (tertiary/aromatic N) is 1. The maximum Gasteiger partial charge on any atom is 0.124 e. The van der Waals surface area contributed by atoms with Gasteiger partial charge in [-0.25, -0.2) is 0 Å². The third-order valence-electron chi connectivity index (χ3n) is 2.88. The first kappa shape index (κ1) is 11.9. The Balaban J connectivity index is 1.85. The van der Waals surface area contributed by atoms with Crippen LogP contribution in [0.3, 0.4) is 0 Å². The molecule has 90 valence electrons. The maximum absolute atomic E-state index is 4.81.